The largest absolute Gasteiger partial charge is 0.493 e. The maximum absolute atomic E-state index is 13.0. The molecule has 7 heteroatoms. The second-order valence-electron chi connectivity index (χ2n) is 7.33. The first-order valence-corrected chi connectivity index (χ1v) is 9.33. The maximum Gasteiger partial charge on any atom is 0.311 e. The number of rotatable bonds is 7. The second-order valence-corrected chi connectivity index (χ2v) is 7.33. The summed E-state index contributed by atoms with van der Waals surface area (Å²) < 4.78 is 16.8. The van der Waals surface area contributed by atoms with Gasteiger partial charge >= 0.3 is 5.97 Å². The highest BCUT2D eigenvalue weighted by molar-refractivity contribution is 5.96. The summed E-state index contributed by atoms with van der Waals surface area (Å²) in [5, 5.41) is 9.40. The predicted molar refractivity (Wildman–Crippen MR) is 107 cm³/mol. The summed E-state index contributed by atoms with van der Waals surface area (Å²) in [5.74, 6) is 0.00801. The highest BCUT2D eigenvalue weighted by atomic mass is 16.5. The molecule has 0 aromatic heterocycles. The Balaban J connectivity index is 1.84. The molecule has 1 N–H and O–H groups in total. The second kappa shape index (κ2) is 8.43. The molecule has 1 unspecified atom stereocenters. The average molecular weight is 399 g/mol. The van der Waals surface area contributed by atoms with Crippen LogP contribution in [0.1, 0.15) is 29.3 Å². The summed E-state index contributed by atoms with van der Waals surface area (Å²) in [6, 6.07) is 12.9. The topological polar surface area (TPSA) is 85.3 Å². The molecule has 1 amide bonds. The van der Waals surface area contributed by atoms with Gasteiger partial charge in [0.15, 0.2) is 11.5 Å². The Morgan fingerprint density at radius 2 is 1.72 bits per heavy atom. The molecule has 1 atom stereocenters. The van der Waals surface area contributed by atoms with Crippen molar-refractivity contribution >= 4 is 11.9 Å². The molecule has 0 saturated carbocycles. The van der Waals surface area contributed by atoms with Gasteiger partial charge in [-0.25, -0.2) is 0 Å². The molecule has 1 fully saturated rings. The third-order valence-corrected chi connectivity index (χ3v) is 5.21. The Kier molecular flexibility index (Phi) is 5.96. The number of carbonyl (C=O) groups excluding carboxylic acids is 1. The molecule has 29 heavy (non-hydrogen) atoms. The van der Waals surface area contributed by atoms with Gasteiger partial charge in [-0.2, -0.15) is 0 Å². The Hall–Kier alpha value is -3.22. The average Bonchev–Trinajstić information content (AvgIpc) is 3.15. The van der Waals surface area contributed by atoms with E-state index in [-0.39, 0.29) is 12.5 Å². The van der Waals surface area contributed by atoms with E-state index in [1.165, 1.54) is 14.2 Å². The minimum atomic E-state index is -0.928. The first-order valence-electron chi connectivity index (χ1n) is 9.33. The maximum atomic E-state index is 13.0. The van der Waals surface area contributed by atoms with E-state index in [2.05, 4.69) is 0 Å². The number of ether oxygens (including phenoxy) is 3. The van der Waals surface area contributed by atoms with Crippen LogP contribution in [0.5, 0.6) is 17.2 Å². The van der Waals surface area contributed by atoms with Crippen LogP contribution >= 0.6 is 0 Å². The molecule has 2 aromatic rings. The smallest absolute Gasteiger partial charge is 0.311 e. The number of carboxylic acids is 1. The van der Waals surface area contributed by atoms with Crippen LogP contribution in [0.25, 0.3) is 0 Å². The lowest BCUT2D eigenvalue weighted by Crippen LogP contribution is -2.34. The Morgan fingerprint density at radius 1 is 1.10 bits per heavy atom. The Labute approximate surface area is 169 Å². The lowest BCUT2D eigenvalue weighted by molar-refractivity contribution is -0.147. The number of methoxy groups -OCH3 is 2. The van der Waals surface area contributed by atoms with Crippen molar-refractivity contribution in [2.24, 2.45) is 5.41 Å². The van der Waals surface area contributed by atoms with Crippen LogP contribution < -0.4 is 14.2 Å². The number of carbonyl (C=O) groups is 2. The predicted octanol–water partition coefficient (Wildman–Crippen LogP) is 3.22. The van der Waals surface area contributed by atoms with Gasteiger partial charge in [-0.05, 0) is 31.0 Å². The van der Waals surface area contributed by atoms with Gasteiger partial charge in [0, 0.05) is 18.7 Å². The molecule has 3 rings (SSSR count). The fraction of sp³-hybridized carbons (Fsp3) is 0.364. The Bertz CT molecular complexity index is 872. The summed E-state index contributed by atoms with van der Waals surface area (Å²) in [6.07, 6.45) is 0.417. The number of amides is 1. The highest BCUT2D eigenvalue weighted by Crippen LogP contribution is 2.40. The molecule has 0 radical (unpaired) electrons. The van der Waals surface area contributed by atoms with E-state index in [0.29, 0.717) is 42.4 Å². The normalized spacial score (nSPS) is 18.4. The molecule has 0 aliphatic carbocycles. The quantitative estimate of drug-likeness (QED) is 0.770. The number of hydrogen-bond donors (Lipinski definition) is 1. The summed E-state index contributed by atoms with van der Waals surface area (Å²) >= 11 is 0. The summed E-state index contributed by atoms with van der Waals surface area (Å²) in [5.41, 5.74) is 0.421. The van der Waals surface area contributed by atoms with Crippen LogP contribution in [-0.4, -0.2) is 49.2 Å². The SMILES string of the molecule is COc1cc(C(=O)N2CCC(C)(C(=O)O)C2)cc(OC)c1OCc1ccccc1. The van der Waals surface area contributed by atoms with Gasteiger partial charge in [-0.3, -0.25) is 9.59 Å². The molecule has 0 bridgehead atoms. The molecule has 1 aliphatic rings. The van der Waals surface area contributed by atoms with E-state index in [1.54, 1.807) is 24.0 Å². The number of aliphatic carboxylic acids is 1. The summed E-state index contributed by atoms with van der Waals surface area (Å²) in [6.45, 7) is 2.53. The number of nitrogens with zero attached hydrogens (tertiary/aromatic N) is 1. The molecular formula is C22H25NO6. The highest BCUT2D eigenvalue weighted by Gasteiger charge is 2.42. The first kappa shape index (κ1) is 20.5. The zero-order valence-corrected chi connectivity index (χ0v) is 16.8. The summed E-state index contributed by atoms with van der Waals surface area (Å²) in [4.78, 5) is 26.0. The van der Waals surface area contributed by atoms with Gasteiger partial charge in [0.1, 0.15) is 6.61 Å². The standard InChI is InChI=1S/C22H25NO6/c1-22(21(25)26)9-10-23(14-22)20(24)16-11-17(27-2)19(18(12-16)28-3)29-13-15-7-5-4-6-8-15/h4-8,11-12H,9-10,13-14H2,1-3H3,(H,25,26). The van der Waals surface area contributed by atoms with Gasteiger partial charge in [-0.1, -0.05) is 30.3 Å². The molecule has 1 saturated heterocycles. The van der Waals surface area contributed by atoms with Crippen LogP contribution in [-0.2, 0) is 11.4 Å². The van der Waals surface area contributed by atoms with Gasteiger partial charge < -0.3 is 24.2 Å². The van der Waals surface area contributed by atoms with E-state index in [0.717, 1.165) is 5.56 Å². The zero-order chi connectivity index (χ0) is 21.0. The summed E-state index contributed by atoms with van der Waals surface area (Å²) in [7, 11) is 2.99. The van der Waals surface area contributed by atoms with E-state index < -0.39 is 11.4 Å². The van der Waals surface area contributed by atoms with E-state index >= 15 is 0 Å². The van der Waals surface area contributed by atoms with Crippen molar-refractivity contribution in [3.63, 3.8) is 0 Å². The van der Waals surface area contributed by atoms with E-state index in [4.69, 9.17) is 14.2 Å². The van der Waals surface area contributed by atoms with Crippen LogP contribution in [0, 0.1) is 5.41 Å². The first-order chi connectivity index (χ1) is 13.9. The minimum absolute atomic E-state index is 0.165. The van der Waals surface area contributed by atoms with E-state index in [1.807, 2.05) is 30.3 Å². The van der Waals surface area contributed by atoms with Crippen LogP contribution in [0.4, 0.5) is 0 Å². The van der Waals surface area contributed by atoms with Gasteiger partial charge in [0.25, 0.3) is 5.91 Å². The fourth-order valence-electron chi connectivity index (χ4n) is 3.37. The van der Waals surface area contributed by atoms with Crippen molar-refractivity contribution in [1.82, 2.24) is 4.90 Å². The minimum Gasteiger partial charge on any atom is -0.493 e. The Morgan fingerprint density at radius 3 is 2.24 bits per heavy atom. The number of carboxylic acid groups (broad SMARTS) is 1. The van der Waals surface area contributed by atoms with Crippen LogP contribution in [0.15, 0.2) is 42.5 Å². The fourth-order valence-corrected chi connectivity index (χ4v) is 3.37. The molecule has 154 valence electrons. The number of likely N-dealkylation sites (tertiary alicyclic amines) is 1. The molecular weight excluding hydrogens is 374 g/mol. The van der Waals surface area contributed by atoms with Crippen molar-refractivity contribution in [2.45, 2.75) is 20.0 Å². The van der Waals surface area contributed by atoms with Crippen molar-refractivity contribution in [3.05, 3.63) is 53.6 Å². The van der Waals surface area contributed by atoms with Crippen molar-refractivity contribution in [3.8, 4) is 17.2 Å². The molecule has 7 nitrogen and oxygen atoms in total. The monoisotopic (exact) mass is 399 g/mol. The lowest BCUT2D eigenvalue weighted by atomic mass is 9.90. The zero-order valence-electron chi connectivity index (χ0n) is 16.8. The molecule has 0 spiro atoms. The van der Waals surface area contributed by atoms with Gasteiger partial charge in [0.2, 0.25) is 5.75 Å². The lowest BCUT2D eigenvalue weighted by Gasteiger charge is -2.21. The van der Waals surface area contributed by atoms with Crippen molar-refractivity contribution in [1.29, 1.82) is 0 Å². The van der Waals surface area contributed by atoms with Crippen LogP contribution in [0.3, 0.4) is 0 Å². The third kappa shape index (κ3) is 4.29. The van der Waals surface area contributed by atoms with E-state index in [9.17, 15) is 14.7 Å². The number of benzene rings is 2. The number of hydrogen-bond acceptors (Lipinski definition) is 5. The molecule has 1 heterocycles. The van der Waals surface area contributed by atoms with Gasteiger partial charge in [-0.15, -0.1) is 0 Å². The van der Waals surface area contributed by atoms with Crippen molar-refractivity contribution < 1.29 is 28.9 Å². The molecule has 2 aromatic carbocycles. The van der Waals surface area contributed by atoms with Crippen LogP contribution in [0.2, 0.25) is 0 Å². The van der Waals surface area contributed by atoms with Crippen molar-refractivity contribution in [2.75, 3.05) is 27.3 Å². The molecule has 1 aliphatic heterocycles. The third-order valence-electron chi connectivity index (χ3n) is 5.21. The van der Waals surface area contributed by atoms with Gasteiger partial charge in [0.05, 0.1) is 19.6 Å².